The molecule has 0 aromatic heterocycles. The largest absolute Gasteiger partial charge is 0.756 e. The number of carbonyl (C=O) groups is 2. The number of phosphoric acid groups is 1. The molecule has 0 aliphatic rings. The number of esters is 2. The molecular weight excluding hydrogens is 1100 g/mol. The number of ether oxygens (including phenoxy) is 2. The summed E-state index contributed by atoms with van der Waals surface area (Å²) in [6.45, 7) is 4.13. The van der Waals surface area contributed by atoms with Crippen molar-refractivity contribution in [3.05, 3.63) is 85.1 Å². The minimum absolute atomic E-state index is 0.0405. The van der Waals surface area contributed by atoms with Crippen LogP contribution in [0.3, 0.4) is 0 Å². The van der Waals surface area contributed by atoms with Crippen LogP contribution in [0.5, 0.6) is 0 Å². The van der Waals surface area contributed by atoms with E-state index in [0.717, 1.165) is 83.5 Å². The first-order valence-corrected chi connectivity index (χ1v) is 38.3. The maximum atomic E-state index is 12.8. The smallest absolute Gasteiger partial charge is 0.306 e. The summed E-state index contributed by atoms with van der Waals surface area (Å²) < 4.78 is 34.3. The van der Waals surface area contributed by atoms with Gasteiger partial charge in [0.2, 0.25) is 0 Å². The van der Waals surface area contributed by atoms with Crippen molar-refractivity contribution in [2.45, 2.75) is 347 Å². The van der Waals surface area contributed by atoms with E-state index in [-0.39, 0.29) is 32.0 Å². The molecule has 0 saturated carbocycles. The van der Waals surface area contributed by atoms with Crippen LogP contribution >= 0.6 is 7.82 Å². The van der Waals surface area contributed by atoms with Gasteiger partial charge in [-0.2, -0.15) is 0 Å². The Balaban J connectivity index is 3.98. The minimum Gasteiger partial charge on any atom is -0.756 e. The molecule has 0 aromatic carbocycles. The van der Waals surface area contributed by atoms with Gasteiger partial charge in [0.1, 0.15) is 19.8 Å². The zero-order chi connectivity index (χ0) is 63.4. The molecule has 2 unspecified atom stereocenters. The van der Waals surface area contributed by atoms with Gasteiger partial charge in [-0.05, 0) is 70.6 Å². The van der Waals surface area contributed by atoms with Crippen LogP contribution in [-0.2, 0) is 32.7 Å². The van der Waals surface area contributed by atoms with Gasteiger partial charge in [-0.1, -0.05) is 343 Å². The van der Waals surface area contributed by atoms with Crippen LogP contribution in [0, 0.1) is 0 Å². The van der Waals surface area contributed by atoms with E-state index < -0.39 is 26.5 Å². The first-order valence-electron chi connectivity index (χ1n) is 36.8. The maximum absolute atomic E-state index is 12.8. The Morgan fingerprint density at radius 3 is 0.977 bits per heavy atom. The van der Waals surface area contributed by atoms with Gasteiger partial charge in [0.15, 0.2) is 6.10 Å². The number of carbonyl (C=O) groups excluding carboxylic acids is 2. The van der Waals surface area contributed by atoms with Crippen molar-refractivity contribution >= 4 is 19.8 Å². The molecule has 2 atom stereocenters. The number of likely N-dealkylation sites (N-methyl/N-ethyl adjacent to an activating group) is 1. The number of hydrogen-bond donors (Lipinski definition) is 0. The Bertz CT molecular complexity index is 1740. The molecule has 0 bridgehead atoms. The highest BCUT2D eigenvalue weighted by molar-refractivity contribution is 7.45. The van der Waals surface area contributed by atoms with Crippen LogP contribution in [0.25, 0.3) is 0 Å². The lowest BCUT2D eigenvalue weighted by Crippen LogP contribution is -2.37. The molecule has 0 N–H and O–H groups in total. The van der Waals surface area contributed by atoms with Crippen molar-refractivity contribution in [1.29, 1.82) is 0 Å². The second-order valence-corrected chi connectivity index (χ2v) is 27.3. The standard InChI is InChI=1S/C77H140NO8P/c1-6-8-10-12-14-16-18-20-22-24-26-28-30-32-33-34-35-36-37-38-39-40-41-42-43-44-46-47-49-51-53-55-57-59-61-63-65-67-69-76(79)83-73-75(74-85-87(81,82)84-72-71-78(3,4)5)86-77(80)70-68-66-64-62-60-58-56-54-52-50-48-45-31-29-27-25-23-21-19-17-15-13-11-9-7-2/h9,11,15,17,21,23,27,29,45,48,52,54,58,60,75H,6-8,10,12-14,16,18-20,22,24-26,28,30-44,46-47,49-51,53,55-57,59,61-74H2,1-5H3/b11-9-,17-15-,23-21-,29-27-,48-45-,54-52-,60-58-. The van der Waals surface area contributed by atoms with E-state index >= 15 is 0 Å². The molecule has 0 radical (unpaired) electrons. The van der Waals surface area contributed by atoms with Crippen molar-refractivity contribution in [1.82, 2.24) is 0 Å². The molecule has 0 fully saturated rings. The topological polar surface area (TPSA) is 111 Å². The average Bonchev–Trinajstić information content (AvgIpc) is 3.49. The molecule has 0 aromatic rings. The van der Waals surface area contributed by atoms with E-state index in [4.69, 9.17) is 18.5 Å². The van der Waals surface area contributed by atoms with E-state index in [1.165, 1.54) is 225 Å². The summed E-state index contributed by atoms with van der Waals surface area (Å²) in [6.07, 6.45) is 92.8. The third-order valence-electron chi connectivity index (χ3n) is 16.2. The second kappa shape index (κ2) is 67.6. The van der Waals surface area contributed by atoms with Crippen molar-refractivity contribution in [3.8, 4) is 0 Å². The van der Waals surface area contributed by atoms with Crippen molar-refractivity contribution in [2.75, 3.05) is 47.5 Å². The van der Waals surface area contributed by atoms with Gasteiger partial charge >= 0.3 is 11.9 Å². The van der Waals surface area contributed by atoms with E-state index in [2.05, 4.69) is 98.9 Å². The molecule has 0 rings (SSSR count). The summed E-state index contributed by atoms with van der Waals surface area (Å²) >= 11 is 0. The molecule has 10 heteroatoms. The van der Waals surface area contributed by atoms with E-state index in [9.17, 15) is 19.0 Å². The second-order valence-electron chi connectivity index (χ2n) is 25.9. The zero-order valence-corrected chi connectivity index (χ0v) is 58.6. The van der Waals surface area contributed by atoms with Gasteiger partial charge in [-0.15, -0.1) is 0 Å². The van der Waals surface area contributed by atoms with Gasteiger partial charge < -0.3 is 27.9 Å². The van der Waals surface area contributed by atoms with Crippen LogP contribution in [0.1, 0.15) is 341 Å². The predicted octanol–water partition coefficient (Wildman–Crippen LogP) is 23.5. The lowest BCUT2D eigenvalue weighted by Gasteiger charge is -2.28. The van der Waals surface area contributed by atoms with Crippen LogP contribution in [0.2, 0.25) is 0 Å². The monoisotopic (exact) mass is 1240 g/mol. The first-order chi connectivity index (χ1) is 42.5. The molecule has 0 saturated heterocycles. The number of nitrogens with zero attached hydrogens (tertiary/aromatic N) is 1. The molecule has 506 valence electrons. The van der Waals surface area contributed by atoms with Crippen LogP contribution in [0.4, 0.5) is 0 Å². The van der Waals surface area contributed by atoms with Gasteiger partial charge in [0, 0.05) is 12.8 Å². The first kappa shape index (κ1) is 84.2. The van der Waals surface area contributed by atoms with Crippen molar-refractivity contribution < 1.29 is 42.1 Å². The highest BCUT2D eigenvalue weighted by atomic mass is 31.2. The summed E-state index contributed by atoms with van der Waals surface area (Å²) in [5.41, 5.74) is 0. The normalized spacial score (nSPS) is 13.6. The Morgan fingerprint density at radius 1 is 0.368 bits per heavy atom. The molecule has 9 nitrogen and oxygen atoms in total. The Kier molecular flexibility index (Phi) is 65.4. The fourth-order valence-electron chi connectivity index (χ4n) is 10.6. The molecule has 87 heavy (non-hydrogen) atoms. The van der Waals surface area contributed by atoms with Crippen molar-refractivity contribution in [3.63, 3.8) is 0 Å². The quantitative estimate of drug-likeness (QED) is 0.0195. The van der Waals surface area contributed by atoms with E-state index in [1.54, 1.807) is 0 Å². The molecule has 0 spiro atoms. The minimum atomic E-state index is -4.66. The highest BCUT2D eigenvalue weighted by Crippen LogP contribution is 2.38. The van der Waals surface area contributed by atoms with Gasteiger partial charge in [0.25, 0.3) is 7.82 Å². The lowest BCUT2D eigenvalue weighted by atomic mass is 10.0. The molecule has 0 amide bonds. The summed E-state index contributed by atoms with van der Waals surface area (Å²) in [7, 11) is 1.14. The number of unbranched alkanes of at least 4 members (excludes halogenated alkanes) is 40. The number of phosphoric ester groups is 1. The van der Waals surface area contributed by atoms with E-state index in [1.807, 2.05) is 21.1 Å². The summed E-state index contributed by atoms with van der Waals surface area (Å²) in [5, 5.41) is 0. The molecular formula is C77H140NO8P. The number of rotatable bonds is 68. The third-order valence-corrected chi connectivity index (χ3v) is 17.1. The lowest BCUT2D eigenvalue weighted by molar-refractivity contribution is -0.870. The Hall–Kier alpha value is -2.81. The SMILES string of the molecule is CC/C=C\C/C=C\C/C=C\C/C=C\C/C=C\C/C=C\C/C=C\CCCCCC(=O)OC(COC(=O)CCCCCCCCCCCCCCCCCCCCCCCCCCCCCCCCCCCCCCCC)COP(=O)([O-])OCC[N+](C)(C)C. The summed E-state index contributed by atoms with van der Waals surface area (Å²) in [6, 6.07) is 0. The third kappa shape index (κ3) is 72.1. The summed E-state index contributed by atoms with van der Waals surface area (Å²) in [5.74, 6) is -0.864. The summed E-state index contributed by atoms with van der Waals surface area (Å²) in [4.78, 5) is 38.0. The Labute approximate surface area is 539 Å². The molecule has 0 aliphatic heterocycles. The number of quaternary nitrogens is 1. The highest BCUT2D eigenvalue weighted by Gasteiger charge is 2.22. The van der Waals surface area contributed by atoms with Gasteiger partial charge in [-0.25, -0.2) is 0 Å². The number of hydrogen-bond acceptors (Lipinski definition) is 8. The Morgan fingerprint density at radius 2 is 0.655 bits per heavy atom. The average molecular weight is 1240 g/mol. The van der Waals surface area contributed by atoms with Crippen molar-refractivity contribution in [2.24, 2.45) is 0 Å². The molecule has 0 aliphatic carbocycles. The van der Waals surface area contributed by atoms with Gasteiger partial charge in [-0.3, -0.25) is 14.2 Å². The fourth-order valence-corrected chi connectivity index (χ4v) is 11.3. The maximum Gasteiger partial charge on any atom is 0.306 e. The molecule has 0 heterocycles. The van der Waals surface area contributed by atoms with Crippen LogP contribution in [0.15, 0.2) is 85.1 Å². The van der Waals surface area contributed by atoms with Crippen LogP contribution in [-0.4, -0.2) is 70.0 Å². The van der Waals surface area contributed by atoms with Crippen LogP contribution < -0.4 is 4.89 Å². The predicted molar refractivity (Wildman–Crippen MR) is 374 cm³/mol. The van der Waals surface area contributed by atoms with Gasteiger partial charge in [0.05, 0.1) is 27.7 Å². The van der Waals surface area contributed by atoms with E-state index in [0.29, 0.717) is 17.4 Å². The fraction of sp³-hybridized carbons (Fsp3) is 0.792. The number of allylic oxidation sites excluding steroid dienone is 14. The zero-order valence-electron chi connectivity index (χ0n) is 57.7.